The molecule has 1 aliphatic rings. The normalized spacial score (nSPS) is 18.0. The number of thiophene rings is 1. The van der Waals surface area contributed by atoms with Gasteiger partial charge in [0.05, 0.1) is 12.1 Å². The molecule has 3 atom stereocenters. The molecule has 4 rings (SSSR count). The third-order valence-electron chi connectivity index (χ3n) is 6.62. The number of carbonyl (C=O) groups is 3. The molecule has 10 heteroatoms. The van der Waals surface area contributed by atoms with Gasteiger partial charge in [-0.2, -0.15) is 0 Å². The first-order valence-electron chi connectivity index (χ1n) is 13.5. The minimum absolute atomic E-state index is 0.238. The van der Waals surface area contributed by atoms with Gasteiger partial charge in [-0.25, -0.2) is 4.79 Å². The average molecular weight is 598 g/mol. The maximum absolute atomic E-state index is 14.3. The summed E-state index contributed by atoms with van der Waals surface area (Å²) in [6.45, 7) is 9.88. The molecule has 0 aliphatic carbocycles. The molecule has 1 aromatic heterocycles. The second kappa shape index (κ2) is 13.0. The van der Waals surface area contributed by atoms with Crippen molar-refractivity contribution in [1.82, 2.24) is 9.80 Å². The molecule has 3 unspecified atom stereocenters. The predicted octanol–water partition coefficient (Wildman–Crippen LogP) is 6.71. The number of nitrogens with zero attached hydrogens (tertiary/aromatic N) is 3. The summed E-state index contributed by atoms with van der Waals surface area (Å²) < 4.78 is 11.5. The molecule has 0 bridgehead atoms. The van der Waals surface area contributed by atoms with Crippen LogP contribution in [0.2, 0.25) is 0 Å². The summed E-state index contributed by atoms with van der Waals surface area (Å²) in [5.41, 5.74) is -0.103. The zero-order chi connectivity index (χ0) is 29.7. The van der Waals surface area contributed by atoms with Gasteiger partial charge in [-0.05, 0) is 82.5 Å². The van der Waals surface area contributed by atoms with Gasteiger partial charge in [0.1, 0.15) is 29.0 Å². The second-order valence-electron chi connectivity index (χ2n) is 11.1. The Morgan fingerprint density at radius 1 is 0.951 bits per heavy atom. The van der Waals surface area contributed by atoms with Crippen LogP contribution < -0.4 is 9.64 Å². The third-order valence-corrected chi connectivity index (χ3v) is 7.77. The number of alkyl halides is 1. The highest BCUT2D eigenvalue weighted by atomic mass is 35.5. The van der Waals surface area contributed by atoms with Crippen LogP contribution in [0.25, 0.3) is 0 Å². The van der Waals surface area contributed by atoms with Crippen LogP contribution in [-0.2, 0) is 14.3 Å². The molecule has 218 valence electrons. The fourth-order valence-corrected chi connectivity index (χ4v) is 5.89. The third kappa shape index (κ3) is 7.40. The number of carbonyl (C=O) groups excluding carboxylic acids is 3. The summed E-state index contributed by atoms with van der Waals surface area (Å²) in [5.74, 6) is 0.352. The topological polar surface area (TPSA) is 79.4 Å². The smallest absolute Gasteiger partial charge is 0.410 e. The van der Waals surface area contributed by atoms with Gasteiger partial charge in [0.15, 0.2) is 0 Å². The summed E-state index contributed by atoms with van der Waals surface area (Å²) in [6.07, 6.45) is -0.406. The van der Waals surface area contributed by atoms with E-state index in [-0.39, 0.29) is 23.9 Å². The average Bonchev–Trinajstić information content (AvgIpc) is 3.45. The molecule has 1 aliphatic heterocycles. The Morgan fingerprint density at radius 3 is 2.10 bits per heavy atom. The van der Waals surface area contributed by atoms with Gasteiger partial charge in [-0.15, -0.1) is 22.9 Å². The summed E-state index contributed by atoms with van der Waals surface area (Å²) in [6, 6.07) is 18.6. The summed E-state index contributed by atoms with van der Waals surface area (Å²) in [7, 11) is 0. The lowest BCUT2D eigenvalue weighted by Crippen LogP contribution is -2.61. The first-order valence-corrected chi connectivity index (χ1v) is 14.9. The molecule has 0 saturated carbocycles. The van der Waals surface area contributed by atoms with Crippen molar-refractivity contribution >= 4 is 46.5 Å². The Kier molecular flexibility index (Phi) is 9.60. The molecule has 2 heterocycles. The van der Waals surface area contributed by atoms with Crippen molar-refractivity contribution in [3.05, 3.63) is 77.0 Å². The van der Waals surface area contributed by atoms with Crippen molar-refractivity contribution in [3.63, 3.8) is 0 Å². The van der Waals surface area contributed by atoms with E-state index in [2.05, 4.69) is 0 Å². The molecule has 0 radical (unpaired) electrons. The highest BCUT2D eigenvalue weighted by Crippen LogP contribution is 2.35. The van der Waals surface area contributed by atoms with Crippen molar-refractivity contribution < 1.29 is 23.9 Å². The maximum atomic E-state index is 14.3. The van der Waals surface area contributed by atoms with Gasteiger partial charge in [0, 0.05) is 23.7 Å². The summed E-state index contributed by atoms with van der Waals surface area (Å²) in [4.78, 5) is 46.1. The molecule has 3 amide bonds. The molecule has 3 aromatic rings. The van der Waals surface area contributed by atoms with E-state index in [0.29, 0.717) is 35.2 Å². The number of hydrogen-bond acceptors (Lipinski definition) is 6. The number of hydrogen-bond donors (Lipinski definition) is 0. The van der Waals surface area contributed by atoms with Gasteiger partial charge in [0.2, 0.25) is 5.91 Å². The van der Waals surface area contributed by atoms with Gasteiger partial charge < -0.3 is 14.4 Å². The zero-order valence-corrected chi connectivity index (χ0v) is 25.5. The fraction of sp³-hybridized carbons (Fsp3) is 0.387. The number of piperazine rings is 1. The number of benzene rings is 2. The molecule has 1 saturated heterocycles. The van der Waals surface area contributed by atoms with Crippen molar-refractivity contribution in [3.8, 4) is 11.5 Å². The number of halogens is 1. The molecular formula is C31H36ClN3O5S. The van der Waals surface area contributed by atoms with Crippen LogP contribution in [0.5, 0.6) is 11.5 Å². The Morgan fingerprint density at radius 2 is 1.56 bits per heavy atom. The van der Waals surface area contributed by atoms with E-state index < -0.39 is 23.6 Å². The summed E-state index contributed by atoms with van der Waals surface area (Å²) in [5, 5.41) is 1.88. The number of para-hydroxylation sites is 1. The first kappa shape index (κ1) is 30.4. The van der Waals surface area contributed by atoms with E-state index in [1.165, 1.54) is 16.2 Å². The van der Waals surface area contributed by atoms with E-state index >= 15 is 0 Å². The standard InChI is InChI=1S/C31H36ClN3O5S/c1-21-19-33(20-22(2)34(21)30(38)40-31(3,4)5)29(37)28(26-12-9-17-41-26)35(27(36)18-32)23-13-15-25(16-14-23)39-24-10-7-6-8-11-24/h6-17,21-22,28H,18-20H2,1-5H3. The van der Waals surface area contributed by atoms with Gasteiger partial charge in [-0.3, -0.25) is 19.4 Å². The molecule has 2 aromatic carbocycles. The molecule has 1 fully saturated rings. The van der Waals surface area contributed by atoms with Crippen molar-refractivity contribution in [2.24, 2.45) is 0 Å². The molecule has 8 nitrogen and oxygen atoms in total. The van der Waals surface area contributed by atoms with E-state index in [1.54, 1.807) is 34.1 Å². The Bertz CT molecular complexity index is 1320. The lowest BCUT2D eigenvalue weighted by atomic mass is 10.1. The van der Waals surface area contributed by atoms with Gasteiger partial charge >= 0.3 is 6.09 Å². The Labute approximate surface area is 250 Å². The second-order valence-corrected chi connectivity index (χ2v) is 12.3. The van der Waals surface area contributed by atoms with Crippen LogP contribution in [0.4, 0.5) is 10.5 Å². The molecule has 41 heavy (non-hydrogen) atoms. The fourth-order valence-electron chi connectivity index (χ4n) is 4.96. The highest BCUT2D eigenvalue weighted by Gasteiger charge is 2.42. The van der Waals surface area contributed by atoms with Crippen LogP contribution in [0.15, 0.2) is 72.1 Å². The minimum Gasteiger partial charge on any atom is -0.457 e. The summed E-state index contributed by atoms with van der Waals surface area (Å²) >= 11 is 7.49. The van der Waals surface area contributed by atoms with Crippen LogP contribution in [0, 0.1) is 0 Å². The number of ether oxygens (including phenoxy) is 2. The maximum Gasteiger partial charge on any atom is 0.410 e. The van der Waals surface area contributed by atoms with Crippen molar-refractivity contribution in [2.45, 2.75) is 58.3 Å². The minimum atomic E-state index is -0.922. The highest BCUT2D eigenvalue weighted by molar-refractivity contribution is 7.10. The first-order chi connectivity index (χ1) is 19.5. The lowest BCUT2D eigenvalue weighted by Gasteiger charge is -2.45. The van der Waals surface area contributed by atoms with Gasteiger partial charge in [-0.1, -0.05) is 24.3 Å². The Hall–Kier alpha value is -3.56. The van der Waals surface area contributed by atoms with E-state index in [4.69, 9.17) is 21.1 Å². The zero-order valence-electron chi connectivity index (χ0n) is 24.0. The Balaban J connectivity index is 1.61. The largest absolute Gasteiger partial charge is 0.457 e. The molecular weight excluding hydrogens is 562 g/mol. The van der Waals surface area contributed by atoms with Crippen LogP contribution in [0.3, 0.4) is 0 Å². The van der Waals surface area contributed by atoms with E-state index in [9.17, 15) is 14.4 Å². The molecule has 0 spiro atoms. The van der Waals surface area contributed by atoms with Crippen molar-refractivity contribution in [1.29, 1.82) is 0 Å². The lowest BCUT2D eigenvalue weighted by molar-refractivity contribution is -0.138. The van der Waals surface area contributed by atoms with E-state index in [1.807, 2.05) is 82.5 Å². The number of rotatable bonds is 7. The monoisotopic (exact) mass is 597 g/mol. The number of anilines is 1. The van der Waals surface area contributed by atoms with Gasteiger partial charge in [0.25, 0.3) is 5.91 Å². The van der Waals surface area contributed by atoms with Crippen LogP contribution >= 0.6 is 22.9 Å². The van der Waals surface area contributed by atoms with Crippen LogP contribution in [-0.4, -0.2) is 64.4 Å². The number of amides is 3. The van der Waals surface area contributed by atoms with Crippen molar-refractivity contribution in [2.75, 3.05) is 23.9 Å². The molecule has 0 N–H and O–H groups in total. The van der Waals surface area contributed by atoms with Crippen LogP contribution in [0.1, 0.15) is 45.5 Å². The predicted molar refractivity (Wildman–Crippen MR) is 162 cm³/mol. The quantitative estimate of drug-likeness (QED) is 0.283. The SMILES string of the molecule is CC1CN(C(=O)C(c2cccs2)N(C(=O)CCl)c2ccc(Oc3ccccc3)cc2)CC(C)N1C(=O)OC(C)(C)C. The van der Waals surface area contributed by atoms with E-state index in [0.717, 1.165) is 0 Å².